The van der Waals surface area contributed by atoms with E-state index in [0.717, 1.165) is 10.9 Å². The minimum absolute atomic E-state index is 0.384. The first kappa shape index (κ1) is 9.97. The van der Waals surface area contributed by atoms with Crippen LogP contribution in [-0.2, 0) is 0 Å². The second-order valence-corrected chi connectivity index (χ2v) is 4.47. The summed E-state index contributed by atoms with van der Waals surface area (Å²) in [5, 5.41) is 0.783. The Morgan fingerprint density at radius 2 is 2.29 bits per heavy atom. The first-order valence-electron chi connectivity index (χ1n) is 3.81. The van der Waals surface area contributed by atoms with Crippen LogP contribution in [0.4, 0.5) is 4.39 Å². The Hall–Kier alpha value is -0.560. The number of hydrogen-bond acceptors (Lipinski definition) is 2. The van der Waals surface area contributed by atoms with E-state index in [9.17, 15) is 9.18 Å². The highest BCUT2D eigenvalue weighted by Gasteiger charge is 2.07. The van der Waals surface area contributed by atoms with Gasteiger partial charge in [0.05, 0.1) is 5.52 Å². The topological polar surface area (TPSA) is 22.0 Å². The summed E-state index contributed by atoms with van der Waals surface area (Å²) in [6.07, 6.45) is 2.49. The minimum Gasteiger partial charge on any atom is -0.298 e. The predicted octanol–water partition coefficient (Wildman–Crippen LogP) is 3.44. The zero-order chi connectivity index (χ0) is 10.1. The third-order valence-electron chi connectivity index (χ3n) is 1.97. The van der Waals surface area contributed by atoms with Gasteiger partial charge in [-0.05, 0) is 18.2 Å². The molecule has 1 aromatic carbocycles. The van der Waals surface area contributed by atoms with Gasteiger partial charge in [-0.25, -0.2) is 4.39 Å². The number of carbonyl (C=O) groups is 1. The predicted molar refractivity (Wildman–Crippen MR) is 64.3 cm³/mol. The van der Waals surface area contributed by atoms with Crippen molar-refractivity contribution in [3.05, 3.63) is 35.8 Å². The van der Waals surface area contributed by atoms with E-state index in [0.29, 0.717) is 11.8 Å². The van der Waals surface area contributed by atoms with E-state index in [-0.39, 0.29) is 5.82 Å². The average Bonchev–Trinajstić information content (AvgIpc) is 2.59. The van der Waals surface area contributed by atoms with Gasteiger partial charge in [-0.2, -0.15) is 0 Å². The molecular weight excluding hydrogens is 316 g/mol. The highest BCUT2D eigenvalue weighted by molar-refractivity contribution is 14.2. The maximum atomic E-state index is 13.1. The lowest BCUT2D eigenvalue weighted by atomic mass is 10.1. The molecular formula is C9H5FINOS. The van der Waals surface area contributed by atoms with Gasteiger partial charge in [-0.1, -0.05) is 0 Å². The lowest BCUT2D eigenvalue weighted by Crippen LogP contribution is -1.86. The zero-order valence-corrected chi connectivity index (χ0v) is 9.88. The molecule has 1 heterocycles. The molecule has 0 saturated heterocycles. The zero-order valence-electron chi connectivity index (χ0n) is 6.91. The van der Waals surface area contributed by atoms with Crippen molar-refractivity contribution in [3.63, 3.8) is 0 Å². The first-order chi connectivity index (χ1) is 6.76. The van der Waals surface area contributed by atoms with E-state index in [4.69, 9.17) is 0 Å². The Morgan fingerprint density at radius 1 is 1.50 bits per heavy atom. The summed E-state index contributed by atoms with van der Waals surface area (Å²) in [7, 11) is 1.44. The van der Waals surface area contributed by atoms with Gasteiger partial charge in [0, 0.05) is 47.5 Å². The summed E-state index contributed by atoms with van der Waals surface area (Å²) in [5.41, 5.74) is 1.12. The van der Waals surface area contributed by atoms with Crippen molar-refractivity contribution in [2.24, 2.45) is 0 Å². The Labute approximate surface area is 96.2 Å². The Balaban J connectivity index is 2.83. The van der Waals surface area contributed by atoms with Crippen LogP contribution in [0.2, 0.25) is 0 Å². The Morgan fingerprint density at radius 3 is 2.93 bits per heavy atom. The summed E-state index contributed by atoms with van der Waals surface area (Å²) in [6, 6.07) is 4.48. The molecule has 2 aromatic rings. The van der Waals surface area contributed by atoms with E-state index in [1.54, 1.807) is 0 Å². The van der Waals surface area contributed by atoms with Crippen molar-refractivity contribution in [1.82, 2.24) is 3.97 Å². The molecule has 0 unspecified atom stereocenters. The number of rotatable bonds is 2. The van der Waals surface area contributed by atoms with Crippen LogP contribution in [0.15, 0.2) is 24.4 Å². The molecule has 0 aliphatic rings. The van der Waals surface area contributed by atoms with Crippen LogP contribution in [0.3, 0.4) is 0 Å². The quantitative estimate of drug-likeness (QED) is 0.624. The molecule has 72 valence electrons. The third kappa shape index (κ3) is 1.54. The molecule has 0 fully saturated rings. The van der Waals surface area contributed by atoms with Crippen LogP contribution in [-0.4, -0.2) is 10.3 Å². The van der Waals surface area contributed by atoms with Crippen molar-refractivity contribution < 1.29 is 9.18 Å². The molecule has 0 spiro atoms. The largest absolute Gasteiger partial charge is 0.298 e. The van der Waals surface area contributed by atoms with E-state index in [1.165, 1.54) is 21.3 Å². The molecule has 1 aromatic heterocycles. The fourth-order valence-electron chi connectivity index (χ4n) is 1.37. The van der Waals surface area contributed by atoms with Gasteiger partial charge in [0.1, 0.15) is 5.82 Å². The number of fused-ring (bicyclic) bond motifs is 1. The molecule has 14 heavy (non-hydrogen) atoms. The van der Waals surface area contributed by atoms with Crippen LogP contribution in [0.1, 0.15) is 10.4 Å². The molecule has 0 aliphatic carbocycles. The molecule has 2 nitrogen and oxygen atoms in total. The fraction of sp³-hybridized carbons (Fsp3) is 0. The molecule has 0 aliphatic heterocycles. The number of aromatic nitrogens is 1. The van der Waals surface area contributed by atoms with Gasteiger partial charge in [-0.3, -0.25) is 8.77 Å². The maximum Gasteiger partial charge on any atom is 0.150 e. The van der Waals surface area contributed by atoms with Crippen molar-refractivity contribution >= 4 is 47.5 Å². The molecule has 0 bridgehead atoms. The molecule has 0 radical (unpaired) electrons. The third-order valence-corrected chi connectivity index (χ3v) is 3.71. The monoisotopic (exact) mass is 321 g/mol. The fourth-order valence-corrected chi connectivity index (χ4v) is 2.73. The number of halogens is 2. The summed E-state index contributed by atoms with van der Waals surface area (Å²) >= 11 is 2.10. The van der Waals surface area contributed by atoms with Gasteiger partial charge in [0.2, 0.25) is 0 Å². The van der Waals surface area contributed by atoms with E-state index < -0.39 is 0 Å². The molecule has 0 atom stereocenters. The van der Waals surface area contributed by atoms with Gasteiger partial charge in [0.15, 0.2) is 6.29 Å². The van der Waals surface area contributed by atoms with Crippen molar-refractivity contribution in [3.8, 4) is 0 Å². The second-order valence-electron chi connectivity index (χ2n) is 2.76. The van der Waals surface area contributed by atoms with Gasteiger partial charge in [0.25, 0.3) is 0 Å². The van der Waals surface area contributed by atoms with Crippen molar-refractivity contribution in [1.29, 1.82) is 0 Å². The van der Waals surface area contributed by atoms with E-state index in [1.807, 2.05) is 16.2 Å². The smallest absolute Gasteiger partial charge is 0.150 e. The number of aldehydes is 1. The molecule has 5 heteroatoms. The molecule has 0 saturated carbocycles. The van der Waals surface area contributed by atoms with Gasteiger partial charge >= 0.3 is 0 Å². The minimum atomic E-state index is -0.384. The van der Waals surface area contributed by atoms with Crippen molar-refractivity contribution in [2.75, 3.05) is 0 Å². The standard InChI is InChI=1S/C9H5FINOS/c10-7-3-6(5-13)8-1-2-12(14-11)9(8)4-7/h1-5H. The van der Waals surface area contributed by atoms with E-state index in [2.05, 4.69) is 21.2 Å². The summed E-state index contributed by atoms with van der Waals surface area (Å²) in [6.45, 7) is 0. The number of hydrogen-bond donors (Lipinski definition) is 0. The van der Waals surface area contributed by atoms with Crippen LogP contribution >= 0.6 is 30.3 Å². The Kier molecular flexibility index (Phi) is 2.78. The van der Waals surface area contributed by atoms with Crippen LogP contribution in [0.25, 0.3) is 10.9 Å². The lowest BCUT2D eigenvalue weighted by Gasteiger charge is -1.99. The van der Waals surface area contributed by atoms with Crippen LogP contribution < -0.4 is 0 Å². The lowest BCUT2D eigenvalue weighted by molar-refractivity contribution is 0.112. The molecule has 2 rings (SSSR count). The number of carbonyl (C=O) groups excluding carboxylic acids is 1. The van der Waals surface area contributed by atoms with Crippen LogP contribution in [0, 0.1) is 5.82 Å². The average molecular weight is 321 g/mol. The van der Waals surface area contributed by atoms with Crippen molar-refractivity contribution in [2.45, 2.75) is 0 Å². The highest BCUT2D eigenvalue weighted by Crippen LogP contribution is 2.27. The molecule has 0 N–H and O–H groups in total. The normalized spacial score (nSPS) is 10.7. The SMILES string of the molecule is O=Cc1cc(F)cc2c1ccn2SI. The summed E-state index contributed by atoms with van der Waals surface area (Å²) in [4.78, 5) is 10.7. The summed E-state index contributed by atoms with van der Waals surface area (Å²) in [5.74, 6) is -0.384. The van der Waals surface area contributed by atoms with Gasteiger partial charge < -0.3 is 0 Å². The number of benzene rings is 1. The van der Waals surface area contributed by atoms with Gasteiger partial charge in [-0.15, -0.1) is 0 Å². The summed E-state index contributed by atoms with van der Waals surface area (Å²) < 4.78 is 14.9. The second kappa shape index (κ2) is 3.90. The molecule has 0 amide bonds. The highest BCUT2D eigenvalue weighted by atomic mass is 127. The maximum absolute atomic E-state index is 13.1. The Bertz CT molecular complexity index is 497. The van der Waals surface area contributed by atoms with E-state index >= 15 is 0 Å². The van der Waals surface area contributed by atoms with Crippen LogP contribution in [0.5, 0.6) is 0 Å². The first-order valence-corrected chi connectivity index (χ1v) is 7.12. The number of nitrogens with zero attached hydrogens (tertiary/aromatic N) is 1.